The van der Waals surface area contributed by atoms with Gasteiger partial charge in [0, 0.05) is 15.6 Å². The second-order valence-corrected chi connectivity index (χ2v) is 7.99. The summed E-state index contributed by atoms with van der Waals surface area (Å²) >= 11 is 8.61. The lowest BCUT2D eigenvalue weighted by molar-refractivity contribution is -0.122. The van der Waals surface area contributed by atoms with Crippen LogP contribution in [0.2, 0.25) is 5.02 Å². The highest BCUT2D eigenvalue weighted by Crippen LogP contribution is 2.32. The molecule has 0 saturated carbocycles. The molecule has 2 aromatic rings. The van der Waals surface area contributed by atoms with E-state index in [1.54, 1.807) is 30.0 Å². The van der Waals surface area contributed by atoms with Crippen LogP contribution in [0.5, 0.6) is 0 Å². The SMILES string of the molecule is CSc1ccc(/C=C2\SC(=O)N(CNc3cc(Cl)ccc3C)C2=O)cc1. The van der Waals surface area contributed by atoms with Crippen molar-refractivity contribution in [3.05, 3.63) is 63.5 Å². The molecule has 7 heteroatoms. The van der Waals surface area contributed by atoms with Gasteiger partial charge in [0.25, 0.3) is 11.1 Å². The fourth-order valence-electron chi connectivity index (χ4n) is 2.44. The van der Waals surface area contributed by atoms with Gasteiger partial charge in [0.05, 0.1) is 11.6 Å². The Bertz CT molecular complexity index is 882. The minimum atomic E-state index is -0.291. The van der Waals surface area contributed by atoms with Crippen molar-refractivity contribution in [1.29, 1.82) is 0 Å². The van der Waals surface area contributed by atoms with E-state index in [4.69, 9.17) is 11.6 Å². The molecule has 4 nitrogen and oxygen atoms in total. The molecule has 2 amide bonds. The summed E-state index contributed by atoms with van der Waals surface area (Å²) in [6.07, 6.45) is 3.76. The summed E-state index contributed by atoms with van der Waals surface area (Å²) in [6.45, 7) is 2.04. The van der Waals surface area contributed by atoms with Crippen LogP contribution in [-0.2, 0) is 4.79 Å². The van der Waals surface area contributed by atoms with E-state index < -0.39 is 0 Å². The number of hydrogen-bond acceptors (Lipinski definition) is 5. The first-order chi connectivity index (χ1) is 12.5. The topological polar surface area (TPSA) is 49.4 Å². The molecular weight excluding hydrogens is 388 g/mol. The second-order valence-electron chi connectivity index (χ2n) is 5.68. The van der Waals surface area contributed by atoms with E-state index in [2.05, 4.69) is 5.32 Å². The maximum absolute atomic E-state index is 12.6. The molecule has 2 aromatic carbocycles. The van der Waals surface area contributed by atoms with E-state index in [-0.39, 0.29) is 17.8 Å². The van der Waals surface area contributed by atoms with Gasteiger partial charge in [-0.15, -0.1) is 11.8 Å². The molecule has 134 valence electrons. The number of anilines is 1. The number of carbonyl (C=O) groups excluding carboxylic acids is 2. The lowest BCUT2D eigenvalue weighted by atomic mass is 10.2. The fourth-order valence-corrected chi connectivity index (χ4v) is 3.86. The van der Waals surface area contributed by atoms with E-state index >= 15 is 0 Å². The zero-order valence-corrected chi connectivity index (χ0v) is 16.7. The molecule has 0 atom stereocenters. The van der Waals surface area contributed by atoms with E-state index in [1.807, 2.05) is 43.5 Å². The summed E-state index contributed by atoms with van der Waals surface area (Å²) in [4.78, 5) is 27.6. The van der Waals surface area contributed by atoms with Crippen molar-refractivity contribution in [1.82, 2.24) is 4.90 Å². The number of imide groups is 1. The Morgan fingerprint density at radius 2 is 1.92 bits per heavy atom. The summed E-state index contributed by atoms with van der Waals surface area (Å²) < 4.78 is 0. The van der Waals surface area contributed by atoms with E-state index in [1.165, 1.54) is 4.90 Å². The van der Waals surface area contributed by atoms with Gasteiger partial charge in [-0.05, 0) is 66.4 Å². The number of benzene rings is 2. The fraction of sp³-hybridized carbons (Fsp3) is 0.158. The maximum Gasteiger partial charge on any atom is 0.295 e. The number of rotatable bonds is 5. The van der Waals surface area contributed by atoms with Crippen molar-refractivity contribution in [3.63, 3.8) is 0 Å². The smallest absolute Gasteiger partial charge is 0.295 e. The Hall–Kier alpha value is -1.89. The van der Waals surface area contributed by atoms with Crippen LogP contribution in [0.1, 0.15) is 11.1 Å². The molecule has 0 aliphatic carbocycles. The van der Waals surface area contributed by atoms with Crippen molar-refractivity contribution in [2.45, 2.75) is 11.8 Å². The molecular formula is C19H17ClN2O2S2. The number of thioether (sulfide) groups is 2. The van der Waals surface area contributed by atoms with Crippen LogP contribution >= 0.6 is 35.1 Å². The van der Waals surface area contributed by atoms with Crippen LogP contribution in [0.25, 0.3) is 6.08 Å². The Balaban J connectivity index is 1.72. The first-order valence-corrected chi connectivity index (χ1v) is 10.3. The number of carbonyl (C=O) groups is 2. The third kappa shape index (κ3) is 4.26. The summed E-state index contributed by atoms with van der Waals surface area (Å²) in [6, 6.07) is 13.3. The predicted octanol–water partition coefficient (Wildman–Crippen LogP) is 5.48. The first-order valence-electron chi connectivity index (χ1n) is 7.87. The van der Waals surface area contributed by atoms with E-state index in [9.17, 15) is 9.59 Å². The molecule has 0 radical (unpaired) electrons. The van der Waals surface area contributed by atoms with E-state index in [0.717, 1.165) is 33.5 Å². The average Bonchev–Trinajstić information content (AvgIpc) is 2.90. The van der Waals surface area contributed by atoms with Gasteiger partial charge in [-0.1, -0.05) is 29.8 Å². The van der Waals surface area contributed by atoms with Crippen LogP contribution < -0.4 is 5.32 Å². The highest BCUT2D eigenvalue weighted by molar-refractivity contribution is 8.18. The summed E-state index contributed by atoms with van der Waals surface area (Å²) in [5.41, 5.74) is 2.69. The maximum atomic E-state index is 12.6. The van der Waals surface area contributed by atoms with Crippen molar-refractivity contribution in [3.8, 4) is 0 Å². The standard InChI is InChI=1S/C19H17ClN2O2S2/c1-12-3-6-14(20)10-16(12)21-11-22-18(23)17(26-19(22)24)9-13-4-7-15(25-2)8-5-13/h3-10,21H,11H2,1-2H3/b17-9-. The largest absolute Gasteiger partial charge is 0.367 e. The van der Waals surface area contributed by atoms with Crippen LogP contribution in [0.3, 0.4) is 0 Å². The van der Waals surface area contributed by atoms with Crippen LogP contribution in [0.15, 0.2) is 52.3 Å². The van der Waals surface area contributed by atoms with Crippen molar-refractivity contribution in [2.24, 2.45) is 0 Å². The van der Waals surface area contributed by atoms with Crippen molar-refractivity contribution < 1.29 is 9.59 Å². The third-order valence-electron chi connectivity index (χ3n) is 3.91. The Morgan fingerprint density at radius 1 is 1.19 bits per heavy atom. The average molecular weight is 405 g/mol. The summed E-state index contributed by atoms with van der Waals surface area (Å²) in [7, 11) is 0. The number of amides is 2. The summed E-state index contributed by atoms with van der Waals surface area (Å²) in [5, 5.41) is 3.43. The normalized spacial score (nSPS) is 15.8. The van der Waals surface area contributed by atoms with Gasteiger partial charge in [-0.25, -0.2) is 0 Å². The Morgan fingerprint density at radius 3 is 2.62 bits per heavy atom. The van der Waals surface area contributed by atoms with Gasteiger partial charge in [0.1, 0.15) is 0 Å². The molecule has 1 aliphatic heterocycles. The number of nitrogens with zero attached hydrogens (tertiary/aromatic N) is 1. The number of nitrogens with one attached hydrogen (secondary N) is 1. The van der Waals surface area contributed by atoms with Gasteiger partial charge >= 0.3 is 0 Å². The quantitative estimate of drug-likeness (QED) is 0.528. The van der Waals surface area contributed by atoms with E-state index in [0.29, 0.717) is 9.93 Å². The lowest BCUT2D eigenvalue weighted by Gasteiger charge is -2.16. The highest BCUT2D eigenvalue weighted by atomic mass is 35.5. The molecule has 1 heterocycles. The van der Waals surface area contributed by atoms with Crippen LogP contribution in [0.4, 0.5) is 10.5 Å². The Kier molecular flexibility index (Phi) is 5.96. The van der Waals surface area contributed by atoms with Gasteiger partial charge < -0.3 is 5.32 Å². The zero-order chi connectivity index (χ0) is 18.7. The number of aryl methyl sites for hydroxylation is 1. The van der Waals surface area contributed by atoms with Gasteiger partial charge in [-0.3, -0.25) is 14.5 Å². The third-order valence-corrected chi connectivity index (χ3v) is 5.80. The molecule has 0 unspecified atom stereocenters. The molecule has 1 N–H and O–H groups in total. The number of halogens is 1. The van der Waals surface area contributed by atoms with Crippen molar-refractivity contribution >= 4 is 58.0 Å². The molecule has 0 spiro atoms. The van der Waals surface area contributed by atoms with Crippen molar-refractivity contribution in [2.75, 3.05) is 18.2 Å². The predicted molar refractivity (Wildman–Crippen MR) is 111 cm³/mol. The number of hydrogen-bond donors (Lipinski definition) is 1. The molecule has 1 saturated heterocycles. The summed E-state index contributed by atoms with van der Waals surface area (Å²) in [5.74, 6) is -0.291. The molecule has 3 rings (SSSR count). The van der Waals surface area contributed by atoms with Crippen LogP contribution in [-0.4, -0.2) is 29.0 Å². The lowest BCUT2D eigenvalue weighted by Crippen LogP contribution is -2.33. The molecule has 26 heavy (non-hydrogen) atoms. The van der Waals surface area contributed by atoms with Crippen LogP contribution in [0, 0.1) is 6.92 Å². The molecule has 1 fully saturated rings. The minimum Gasteiger partial charge on any atom is -0.367 e. The van der Waals surface area contributed by atoms with Gasteiger partial charge in [0.15, 0.2) is 0 Å². The molecule has 1 aliphatic rings. The first kappa shape index (κ1) is 18.9. The molecule has 0 bridgehead atoms. The van der Waals surface area contributed by atoms with Gasteiger partial charge in [0.2, 0.25) is 0 Å². The highest BCUT2D eigenvalue weighted by Gasteiger charge is 2.34. The monoisotopic (exact) mass is 404 g/mol. The van der Waals surface area contributed by atoms with Gasteiger partial charge in [-0.2, -0.15) is 0 Å². The minimum absolute atomic E-state index is 0.106. The molecule has 0 aromatic heterocycles. The zero-order valence-electron chi connectivity index (χ0n) is 14.3. The second kappa shape index (κ2) is 8.20. The Labute approximate surface area is 166 Å².